The van der Waals surface area contributed by atoms with Gasteiger partial charge in [0, 0.05) is 18.0 Å². The van der Waals surface area contributed by atoms with Crippen molar-refractivity contribution in [3.63, 3.8) is 0 Å². The SMILES string of the molecule is CC(=O)Nc1ccc(C(=O)COC(=O)c2cc(-c3ccco3)nc3ccccc23)c(F)c1. The van der Waals surface area contributed by atoms with E-state index in [-0.39, 0.29) is 22.7 Å². The number of carbonyl (C=O) groups excluding carboxylic acids is 3. The Morgan fingerprint density at radius 2 is 1.84 bits per heavy atom. The lowest BCUT2D eigenvalue weighted by molar-refractivity contribution is -0.114. The average molecular weight is 432 g/mol. The number of benzene rings is 2. The van der Waals surface area contributed by atoms with E-state index < -0.39 is 24.2 Å². The maximum absolute atomic E-state index is 14.3. The summed E-state index contributed by atoms with van der Waals surface area (Å²) in [7, 11) is 0. The van der Waals surface area contributed by atoms with Crippen LogP contribution in [0.4, 0.5) is 10.1 Å². The minimum absolute atomic E-state index is 0.205. The molecule has 4 aromatic rings. The number of ether oxygens (including phenoxy) is 1. The van der Waals surface area contributed by atoms with Crippen LogP contribution in [0.25, 0.3) is 22.4 Å². The molecule has 0 saturated carbocycles. The minimum Gasteiger partial charge on any atom is -0.463 e. The average Bonchev–Trinajstić information content (AvgIpc) is 3.31. The summed E-state index contributed by atoms with van der Waals surface area (Å²) in [5.41, 5.74) is 1.17. The molecule has 2 heterocycles. The van der Waals surface area contributed by atoms with Crippen LogP contribution in [0, 0.1) is 5.82 Å². The molecule has 7 nitrogen and oxygen atoms in total. The van der Waals surface area contributed by atoms with Gasteiger partial charge in [-0.25, -0.2) is 14.2 Å². The van der Waals surface area contributed by atoms with Gasteiger partial charge in [0.25, 0.3) is 0 Å². The van der Waals surface area contributed by atoms with Crippen LogP contribution in [0.1, 0.15) is 27.6 Å². The molecule has 0 spiro atoms. The Morgan fingerprint density at radius 1 is 1.03 bits per heavy atom. The number of fused-ring (bicyclic) bond motifs is 1. The van der Waals surface area contributed by atoms with E-state index in [1.54, 1.807) is 36.4 Å². The van der Waals surface area contributed by atoms with Gasteiger partial charge in [0.2, 0.25) is 11.7 Å². The van der Waals surface area contributed by atoms with Crippen molar-refractivity contribution in [2.45, 2.75) is 6.92 Å². The van der Waals surface area contributed by atoms with Crippen molar-refractivity contribution in [1.29, 1.82) is 0 Å². The zero-order valence-electron chi connectivity index (χ0n) is 16.9. The van der Waals surface area contributed by atoms with E-state index in [2.05, 4.69) is 10.3 Å². The monoisotopic (exact) mass is 432 g/mol. The number of ketones is 1. The quantitative estimate of drug-likeness (QED) is 0.352. The van der Waals surface area contributed by atoms with Crippen LogP contribution in [0.2, 0.25) is 0 Å². The normalized spacial score (nSPS) is 10.7. The number of Topliss-reactive ketones (excluding diaryl/α,β-unsaturated/α-hetero) is 1. The van der Waals surface area contributed by atoms with Crippen LogP contribution in [-0.2, 0) is 9.53 Å². The first-order valence-corrected chi connectivity index (χ1v) is 9.63. The third-order valence-electron chi connectivity index (χ3n) is 4.63. The fraction of sp³-hybridized carbons (Fsp3) is 0.0833. The molecule has 0 unspecified atom stereocenters. The summed E-state index contributed by atoms with van der Waals surface area (Å²) in [6.45, 7) is 0.637. The first kappa shape index (κ1) is 20.9. The highest BCUT2D eigenvalue weighted by atomic mass is 19.1. The number of halogens is 1. The summed E-state index contributed by atoms with van der Waals surface area (Å²) >= 11 is 0. The smallest absolute Gasteiger partial charge is 0.339 e. The van der Waals surface area contributed by atoms with Crippen LogP contribution >= 0.6 is 0 Å². The van der Waals surface area contributed by atoms with E-state index >= 15 is 0 Å². The first-order valence-electron chi connectivity index (χ1n) is 9.63. The van der Waals surface area contributed by atoms with Crippen LogP contribution in [0.15, 0.2) is 71.3 Å². The minimum atomic E-state index is -0.827. The van der Waals surface area contributed by atoms with E-state index in [0.717, 1.165) is 6.07 Å². The number of esters is 1. The van der Waals surface area contributed by atoms with Gasteiger partial charge in [-0.2, -0.15) is 0 Å². The molecule has 32 heavy (non-hydrogen) atoms. The fourth-order valence-electron chi connectivity index (χ4n) is 3.20. The summed E-state index contributed by atoms with van der Waals surface area (Å²) in [5, 5.41) is 2.98. The van der Waals surface area contributed by atoms with E-state index in [1.807, 2.05) is 0 Å². The van der Waals surface area contributed by atoms with Gasteiger partial charge in [0.15, 0.2) is 12.4 Å². The summed E-state index contributed by atoms with van der Waals surface area (Å²) < 4.78 is 24.8. The Kier molecular flexibility index (Phi) is 5.76. The molecule has 4 rings (SSSR count). The molecule has 160 valence electrons. The maximum Gasteiger partial charge on any atom is 0.339 e. The van der Waals surface area contributed by atoms with Crippen molar-refractivity contribution in [2.24, 2.45) is 0 Å². The van der Waals surface area contributed by atoms with E-state index in [0.29, 0.717) is 22.4 Å². The number of rotatable bonds is 6. The highest BCUT2D eigenvalue weighted by Gasteiger charge is 2.19. The molecule has 0 aliphatic heterocycles. The van der Waals surface area contributed by atoms with Gasteiger partial charge in [-0.1, -0.05) is 18.2 Å². The highest BCUT2D eigenvalue weighted by Crippen LogP contribution is 2.26. The molecule has 8 heteroatoms. The Bertz CT molecular complexity index is 1330. The molecule has 0 aliphatic carbocycles. The molecule has 0 saturated heterocycles. The zero-order valence-corrected chi connectivity index (χ0v) is 16.9. The third-order valence-corrected chi connectivity index (χ3v) is 4.63. The molecule has 1 N–H and O–H groups in total. The Balaban J connectivity index is 1.55. The van der Waals surface area contributed by atoms with Crippen LogP contribution < -0.4 is 5.32 Å². The van der Waals surface area contributed by atoms with Crippen molar-refractivity contribution >= 4 is 34.3 Å². The summed E-state index contributed by atoms with van der Waals surface area (Å²) in [4.78, 5) is 40.8. The van der Waals surface area contributed by atoms with Gasteiger partial charge < -0.3 is 14.5 Å². The molecular formula is C24H17FN2O5. The highest BCUT2D eigenvalue weighted by molar-refractivity contribution is 6.06. The molecule has 0 radical (unpaired) electrons. The number of anilines is 1. The van der Waals surface area contributed by atoms with Crippen LogP contribution in [0.3, 0.4) is 0 Å². The van der Waals surface area contributed by atoms with Gasteiger partial charge in [-0.05, 0) is 42.5 Å². The second-order valence-electron chi connectivity index (χ2n) is 6.92. The summed E-state index contributed by atoms with van der Waals surface area (Å²) in [6.07, 6.45) is 1.49. The molecule has 0 aliphatic rings. The van der Waals surface area contributed by atoms with Crippen molar-refractivity contribution in [2.75, 3.05) is 11.9 Å². The molecule has 2 aromatic carbocycles. The first-order chi connectivity index (χ1) is 15.4. The lowest BCUT2D eigenvalue weighted by Crippen LogP contribution is -2.16. The summed E-state index contributed by atoms with van der Waals surface area (Å²) in [5.74, 6) is -2.18. The molecular weight excluding hydrogens is 415 g/mol. The van der Waals surface area contributed by atoms with Gasteiger partial charge in [0.1, 0.15) is 11.5 Å². The van der Waals surface area contributed by atoms with Gasteiger partial charge in [0.05, 0.1) is 22.9 Å². The zero-order chi connectivity index (χ0) is 22.7. The van der Waals surface area contributed by atoms with Crippen molar-refractivity contribution in [3.8, 4) is 11.5 Å². The number of pyridine rings is 1. The lowest BCUT2D eigenvalue weighted by Gasteiger charge is -2.10. The van der Waals surface area contributed by atoms with Gasteiger partial charge in [-0.15, -0.1) is 0 Å². The van der Waals surface area contributed by atoms with Crippen molar-refractivity contribution in [3.05, 3.63) is 83.9 Å². The van der Waals surface area contributed by atoms with Crippen molar-refractivity contribution in [1.82, 2.24) is 4.98 Å². The number of furan rings is 1. The lowest BCUT2D eigenvalue weighted by atomic mass is 10.1. The Hall–Kier alpha value is -4.33. The van der Waals surface area contributed by atoms with E-state index in [1.165, 1.54) is 31.4 Å². The number of hydrogen-bond acceptors (Lipinski definition) is 6. The van der Waals surface area contributed by atoms with E-state index in [9.17, 15) is 18.8 Å². The number of hydrogen-bond donors (Lipinski definition) is 1. The number of carbonyl (C=O) groups is 3. The number of nitrogens with one attached hydrogen (secondary N) is 1. The number of para-hydroxylation sites is 1. The largest absolute Gasteiger partial charge is 0.463 e. The molecule has 0 atom stereocenters. The van der Waals surface area contributed by atoms with Crippen LogP contribution in [-0.4, -0.2) is 29.3 Å². The van der Waals surface area contributed by atoms with Crippen molar-refractivity contribution < 1.29 is 27.9 Å². The standard InChI is InChI=1S/C24H17FN2O5/c1-14(28)26-15-8-9-17(19(25)11-15)22(29)13-32-24(30)18-12-21(23-7-4-10-31-23)27-20-6-3-2-5-16(18)20/h2-12H,13H2,1H3,(H,26,28). The topological polar surface area (TPSA) is 98.5 Å². The Labute approximate surface area is 181 Å². The van der Waals surface area contributed by atoms with Gasteiger partial charge in [-0.3, -0.25) is 9.59 Å². The molecule has 1 amide bonds. The molecule has 2 aromatic heterocycles. The van der Waals surface area contributed by atoms with Crippen LogP contribution in [0.5, 0.6) is 0 Å². The summed E-state index contributed by atoms with van der Waals surface area (Å²) in [6, 6.07) is 15.6. The fourth-order valence-corrected chi connectivity index (χ4v) is 3.20. The number of aromatic nitrogens is 1. The second-order valence-corrected chi connectivity index (χ2v) is 6.92. The third kappa shape index (κ3) is 4.39. The number of amides is 1. The Morgan fingerprint density at radius 3 is 2.56 bits per heavy atom. The number of nitrogens with zero attached hydrogens (tertiary/aromatic N) is 1. The molecule has 0 fully saturated rings. The predicted molar refractivity (Wildman–Crippen MR) is 115 cm³/mol. The van der Waals surface area contributed by atoms with E-state index in [4.69, 9.17) is 9.15 Å². The predicted octanol–water partition coefficient (Wildman–Crippen LogP) is 4.63. The maximum atomic E-state index is 14.3. The van der Waals surface area contributed by atoms with Gasteiger partial charge >= 0.3 is 5.97 Å². The second kappa shape index (κ2) is 8.81. The molecule has 0 bridgehead atoms.